The Labute approximate surface area is 126 Å². The third kappa shape index (κ3) is 5.01. The van der Waals surface area contributed by atoms with Crippen LogP contribution in [0, 0.1) is 0 Å². The lowest BCUT2D eigenvalue weighted by Gasteiger charge is -2.33. The van der Waals surface area contributed by atoms with Gasteiger partial charge in [-0.15, -0.1) is 0 Å². The molecule has 2 atom stereocenters. The van der Waals surface area contributed by atoms with Crippen LogP contribution in [-0.4, -0.2) is 60.1 Å². The Balaban J connectivity index is 1.68. The van der Waals surface area contributed by atoms with Crippen LogP contribution in [-0.2, 0) is 0 Å². The van der Waals surface area contributed by atoms with Crippen molar-refractivity contribution in [1.29, 1.82) is 0 Å². The van der Waals surface area contributed by atoms with Crippen molar-refractivity contribution in [1.82, 2.24) is 15.1 Å². The normalized spacial score (nSPS) is 27.9. The molecule has 2 rings (SSSR count). The van der Waals surface area contributed by atoms with Gasteiger partial charge in [0.2, 0.25) is 0 Å². The number of nitrogens with zero attached hydrogens (tertiary/aromatic N) is 2. The Morgan fingerprint density at radius 1 is 1.10 bits per heavy atom. The van der Waals surface area contributed by atoms with Crippen molar-refractivity contribution in [3.63, 3.8) is 0 Å². The number of likely N-dealkylation sites (tertiary alicyclic amines) is 2. The van der Waals surface area contributed by atoms with E-state index in [4.69, 9.17) is 0 Å². The highest BCUT2D eigenvalue weighted by Crippen LogP contribution is 2.22. The van der Waals surface area contributed by atoms with Crippen molar-refractivity contribution in [2.75, 3.05) is 32.7 Å². The second kappa shape index (κ2) is 7.24. The summed E-state index contributed by atoms with van der Waals surface area (Å²) in [6.07, 6.45) is 6.94. The van der Waals surface area contributed by atoms with Crippen molar-refractivity contribution in [2.45, 2.75) is 77.4 Å². The predicted octanol–water partition coefficient (Wildman–Crippen LogP) is 2.71. The first kappa shape index (κ1) is 16.3. The maximum atomic E-state index is 3.61. The molecule has 2 saturated heterocycles. The Morgan fingerprint density at radius 3 is 2.45 bits per heavy atom. The lowest BCUT2D eigenvalue weighted by Crippen LogP contribution is -2.43. The fourth-order valence-electron chi connectivity index (χ4n) is 3.59. The summed E-state index contributed by atoms with van der Waals surface area (Å²) in [6.45, 7) is 15.6. The first-order valence-corrected chi connectivity index (χ1v) is 8.69. The van der Waals surface area contributed by atoms with Gasteiger partial charge < -0.3 is 5.32 Å². The second-order valence-electron chi connectivity index (χ2n) is 7.85. The Kier molecular flexibility index (Phi) is 5.88. The number of piperidine rings is 1. The maximum Gasteiger partial charge on any atom is 0.0235 e. The van der Waals surface area contributed by atoms with Crippen LogP contribution in [0.3, 0.4) is 0 Å². The molecule has 0 aromatic carbocycles. The lowest BCUT2D eigenvalue weighted by molar-refractivity contribution is 0.152. The van der Waals surface area contributed by atoms with Crippen molar-refractivity contribution < 1.29 is 0 Å². The van der Waals surface area contributed by atoms with Gasteiger partial charge >= 0.3 is 0 Å². The van der Waals surface area contributed by atoms with E-state index in [1.165, 1.54) is 58.3 Å². The highest BCUT2D eigenvalue weighted by atomic mass is 15.3. The zero-order chi connectivity index (χ0) is 14.6. The first-order chi connectivity index (χ1) is 9.46. The van der Waals surface area contributed by atoms with E-state index in [1.807, 2.05) is 0 Å². The lowest BCUT2D eigenvalue weighted by atomic mass is 10.1. The molecule has 0 radical (unpaired) electrons. The van der Waals surface area contributed by atoms with Crippen molar-refractivity contribution in [3.05, 3.63) is 0 Å². The largest absolute Gasteiger partial charge is 0.312 e. The van der Waals surface area contributed by atoms with E-state index in [1.54, 1.807) is 0 Å². The quantitative estimate of drug-likeness (QED) is 0.836. The third-order valence-electron chi connectivity index (χ3n) is 4.94. The SMILES string of the molecule is CC(CCNC(C)(C)C)N1CCC(N2CCCCC2)C1. The van der Waals surface area contributed by atoms with Crippen LogP contribution < -0.4 is 5.32 Å². The summed E-state index contributed by atoms with van der Waals surface area (Å²) in [5.74, 6) is 0. The molecule has 0 amide bonds. The Morgan fingerprint density at radius 2 is 1.80 bits per heavy atom. The van der Waals surface area contributed by atoms with Gasteiger partial charge in [0, 0.05) is 30.7 Å². The van der Waals surface area contributed by atoms with Crippen molar-refractivity contribution in [2.24, 2.45) is 0 Å². The van der Waals surface area contributed by atoms with Crippen LogP contribution in [0.25, 0.3) is 0 Å². The number of hydrogen-bond donors (Lipinski definition) is 1. The minimum absolute atomic E-state index is 0.251. The summed E-state index contributed by atoms with van der Waals surface area (Å²) in [5, 5.41) is 3.61. The minimum Gasteiger partial charge on any atom is -0.312 e. The van der Waals surface area contributed by atoms with E-state index < -0.39 is 0 Å². The molecule has 0 saturated carbocycles. The zero-order valence-electron chi connectivity index (χ0n) is 14.1. The first-order valence-electron chi connectivity index (χ1n) is 8.69. The van der Waals surface area contributed by atoms with Crippen LogP contribution in [0.4, 0.5) is 0 Å². The maximum absolute atomic E-state index is 3.61. The van der Waals surface area contributed by atoms with Gasteiger partial charge in [0.1, 0.15) is 0 Å². The molecule has 2 aliphatic rings. The molecule has 2 unspecified atom stereocenters. The monoisotopic (exact) mass is 281 g/mol. The number of nitrogens with one attached hydrogen (secondary N) is 1. The predicted molar refractivity (Wildman–Crippen MR) is 87.2 cm³/mol. The molecule has 20 heavy (non-hydrogen) atoms. The number of hydrogen-bond acceptors (Lipinski definition) is 3. The van der Waals surface area contributed by atoms with Crippen LogP contribution in [0.2, 0.25) is 0 Å². The van der Waals surface area contributed by atoms with Gasteiger partial charge in [-0.1, -0.05) is 6.42 Å². The molecule has 2 aliphatic heterocycles. The summed E-state index contributed by atoms with van der Waals surface area (Å²) < 4.78 is 0. The Bertz CT molecular complexity index is 278. The van der Waals surface area contributed by atoms with E-state index in [0.717, 1.165) is 18.6 Å². The molecule has 0 spiro atoms. The molecular weight excluding hydrogens is 246 g/mol. The summed E-state index contributed by atoms with van der Waals surface area (Å²) in [5.41, 5.74) is 0.251. The summed E-state index contributed by atoms with van der Waals surface area (Å²) in [4.78, 5) is 5.47. The van der Waals surface area contributed by atoms with E-state index in [9.17, 15) is 0 Å². The summed E-state index contributed by atoms with van der Waals surface area (Å²) in [6, 6.07) is 1.56. The highest BCUT2D eigenvalue weighted by Gasteiger charge is 2.30. The van der Waals surface area contributed by atoms with Crippen molar-refractivity contribution in [3.8, 4) is 0 Å². The fraction of sp³-hybridized carbons (Fsp3) is 1.00. The van der Waals surface area contributed by atoms with Crippen molar-refractivity contribution >= 4 is 0 Å². The Hall–Kier alpha value is -0.120. The molecule has 2 heterocycles. The molecule has 0 aliphatic carbocycles. The van der Waals surface area contributed by atoms with Gasteiger partial charge in [-0.2, -0.15) is 0 Å². The molecule has 0 aromatic heterocycles. The smallest absolute Gasteiger partial charge is 0.0235 e. The highest BCUT2D eigenvalue weighted by molar-refractivity contribution is 4.87. The van der Waals surface area contributed by atoms with Crippen LogP contribution in [0.5, 0.6) is 0 Å². The molecule has 118 valence electrons. The van der Waals surface area contributed by atoms with E-state index in [0.29, 0.717) is 0 Å². The van der Waals surface area contributed by atoms with Gasteiger partial charge in [0.05, 0.1) is 0 Å². The van der Waals surface area contributed by atoms with Crippen LogP contribution in [0.1, 0.15) is 59.8 Å². The average Bonchev–Trinajstić information content (AvgIpc) is 2.88. The molecule has 0 bridgehead atoms. The average molecular weight is 281 g/mol. The summed E-state index contributed by atoms with van der Waals surface area (Å²) in [7, 11) is 0. The van der Waals surface area contributed by atoms with Gasteiger partial charge in [-0.3, -0.25) is 9.80 Å². The number of rotatable bonds is 5. The van der Waals surface area contributed by atoms with Gasteiger partial charge in [0.15, 0.2) is 0 Å². The second-order valence-corrected chi connectivity index (χ2v) is 7.85. The van der Waals surface area contributed by atoms with Crippen LogP contribution in [0.15, 0.2) is 0 Å². The molecule has 0 aromatic rings. The molecular formula is C17H35N3. The molecule has 3 heteroatoms. The zero-order valence-corrected chi connectivity index (χ0v) is 14.1. The topological polar surface area (TPSA) is 18.5 Å². The fourth-order valence-corrected chi connectivity index (χ4v) is 3.59. The van der Waals surface area contributed by atoms with Gasteiger partial charge in [-0.25, -0.2) is 0 Å². The minimum atomic E-state index is 0.251. The standard InChI is InChI=1S/C17H35N3/c1-15(8-10-18-17(2,3)4)20-13-9-16(14-20)19-11-6-5-7-12-19/h15-16,18H,5-14H2,1-4H3. The van der Waals surface area contributed by atoms with E-state index in [2.05, 4.69) is 42.8 Å². The summed E-state index contributed by atoms with van der Waals surface area (Å²) >= 11 is 0. The van der Waals surface area contributed by atoms with Gasteiger partial charge in [0.25, 0.3) is 0 Å². The van der Waals surface area contributed by atoms with E-state index in [-0.39, 0.29) is 5.54 Å². The van der Waals surface area contributed by atoms with E-state index >= 15 is 0 Å². The molecule has 1 N–H and O–H groups in total. The molecule has 2 fully saturated rings. The van der Waals surface area contributed by atoms with Crippen LogP contribution >= 0.6 is 0 Å². The molecule has 3 nitrogen and oxygen atoms in total. The van der Waals surface area contributed by atoms with Gasteiger partial charge in [-0.05, 0) is 73.0 Å². The third-order valence-corrected chi connectivity index (χ3v) is 4.94.